The van der Waals surface area contributed by atoms with Gasteiger partial charge in [0.25, 0.3) is 5.69 Å². The van der Waals surface area contributed by atoms with Gasteiger partial charge in [-0.1, -0.05) is 31.2 Å². The van der Waals surface area contributed by atoms with Crippen LogP contribution in [0.25, 0.3) is 0 Å². The zero-order valence-electron chi connectivity index (χ0n) is 16.9. The van der Waals surface area contributed by atoms with E-state index in [1.54, 1.807) is 29.0 Å². The second-order valence-corrected chi connectivity index (χ2v) is 7.40. The maximum Gasteiger partial charge on any atom is 0.269 e. The van der Waals surface area contributed by atoms with E-state index in [4.69, 9.17) is 0 Å². The number of non-ortho nitro benzene ring substituents is 1. The summed E-state index contributed by atoms with van der Waals surface area (Å²) in [6, 6.07) is 13.8. The summed E-state index contributed by atoms with van der Waals surface area (Å²) in [6.45, 7) is 4.24. The Bertz CT molecular complexity index is 926. The van der Waals surface area contributed by atoms with E-state index in [9.17, 15) is 19.7 Å². The molecular weight excluding hydrogens is 370 g/mol. The normalized spacial score (nSPS) is 17.3. The number of nitro groups is 1. The van der Waals surface area contributed by atoms with Crippen molar-refractivity contribution in [1.82, 2.24) is 4.90 Å². The molecule has 1 aliphatic heterocycles. The van der Waals surface area contributed by atoms with E-state index in [2.05, 4.69) is 6.92 Å². The molecule has 2 aromatic carbocycles. The first-order valence-corrected chi connectivity index (χ1v) is 9.72. The lowest BCUT2D eigenvalue weighted by Gasteiger charge is -2.27. The van der Waals surface area contributed by atoms with E-state index in [0.717, 1.165) is 12.1 Å². The molecule has 152 valence electrons. The first-order valence-electron chi connectivity index (χ1n) is 9.72. The average molecular weight is 395 g/mol. The fourth-order valence-electron chi connectivity index (χ4n) is 3.63. The maximum absolute atomic E-state index is 13.0. The van der Waals surface area contributed by atoms with Crippen LogP contribution in [0.4, 0.5) is 11.4 Å². The summed E-state index contributed by atoms with van der Waals surface area (Å²) in [5.41, 5.74) is 2.68. The topological polar surface area (TPSA) is 83.8 Å². The first-order chi connectivity index (χ1) is 13.8. The molecule has 0 saturated carbocycles. The third-order valence-electron chi connectivity index (χ3n) is 5.62. The van der Waals surface area contributed by atoms with Crippen molar-refractivity contribution in [3.8, 4) is 0 Å². The summed E-state index contributed by atoms with van der Waals surface area (Å²) in [5, 5.41) is 11.0. The van der Waals surface area contributed by atoms with E-state index >= 15 is 0 Å². The molecule has 0 bridgehead atoms. The SMILES string of the molecule is CCc1ccc(N2C[C@H](C(=O)N(C)[C@H](C)c3cccc([N+](=O)[O-])c3)CC2=O)cc1. The predicted octanol–water partition coefficient (Wildman–Crippen LogP) is 3.73. The summed E-state index contributed by atoms with van der Waals surface area (Å²) in [7, 11) is 1.68. The Morgan fingerprint density at radius 3 is 2.59 bits per heavy atom. The maximum atomic E-state index is 13.0. The van der Waals surface area contributed by atoms with E-state index in [1.165, 1.54) is 17.7 Å². The molecule has 0 spiro atoms. The third-order valence-corrected chi connectivity index (χ3v) is 5.62. The zero-order valence-corrected chi connectivity index (χ0v) is 16.9. The summed E-state index contributed by atoms with van der Waals surface area (Å²) in [5.74, 6) is -0.631. The highest BCUT2D eigenvalue weighted by Gasteiger charge is 2.37. The van der Waals surface area contributed by atoms with Crippen LogP contribution in [0.3, 0.4) is 0 Å². The molecule has 2 amide bonds. The zero-order chi connectivity index (χ0) is 21.1. The molecule has 1 heterocycles. The molecule has 1 fully saturated rings. The van der Waals surface area contributed by atoms with Gasteiger partial charge in [0.2, 0.25) is 11.8 Å². The summed E-state index contributed by atoms with van der Waals surface area (Å²) in [4.78, 5) is 39.3. The van der Waals surface area contributed by atoms with Gasteiger partial charge in [0.15, 0.2) is 0 Å². The van der Waals surface area contributed by atoms with Crippen LogP contribution < -0.4 is 4.90 Å². The van der Waals surface area contributed by atoms with Gasteiger partial charge in [-0.3, -0.25) is 19.7 Å². The van der Waals surface area contributed by atoms with E-state index in [1.807, 2.05) is 31.2 Å². The highest BCUT2D eigenvalue weighted by Crippen LogP contribution is 2.29. The van der Waals surface area contributed by atoms with Crippen molar-refractivity contribution in [2.45, 2.75) is 32.7 Å². The van der Waals surface area contributed by atoms with Crippen molar-refractivity contribution < 1.29 is 14.5 Å². The first kappa shape index (κ1) is 20.5. The number of carbonyl (C=O) groups is 2. The second kappa shape index (κ2) is 8.43. The number of rotatable bonds is 6. The molecule has 2 atom stereocenters. The van der Waals surface area contributed by atoms with Gasteiger partial charge in [-0.2, -0.15) is 0 Å². The fourth-order valence-corrected chi connectivity index (χ4v) is 3.63. The summed E-state index contributed by atoms with van der Waals surface area (Å²) < 4.78 is 0. The molecular formula is C22H25N3O4. The minimum absolute atomic E-state index is 0.00653. The van der Waals surface area contributed by atoms with Crippen LogP contribution in [0, 0.1) is 16.0 Å². The number of aryl methyl sites for hydroxylation is 1. The van der Waals surface area contributed by atoms with Crippen LogP contribution in [0.15, 0.2) is 48.5 Å². The number of anilines is 1. The Labute approximate surface area is 170 Å². The van der Waals surface area contributed by atoms with E-state index < -0.39 is 10.8 Å². The highest BCUT2D eigenvalue weighted by atomic mass is 16.6. The number of benzene rings is 2. The highest BCUT2D eigenvalue weighted by molar-refractivity contribution is 6.00. The summed E-state index contributed by atoms with van der Waals surface area (Å²) in [6.07, 6.45) is 1.09. The smallest absolute Gasteiger partial charge is 0.269 e. The molecule has 7 heteroatoms. The Balaban J connectivity index is 1.71. The van der Waals surface area contributed by atoms with Crippen molar-refractivity contribution >= 4 is 23.2 Å². The van der Waals surface area contributed by atoms with Crippen LogP contribution in [-0.2, 0) is 16.0 Å². The van der Waals surface area contributed by atoms with Gasteiger partial charge < -0.3 is 9.80 Å². The average Bonchev–Trinajstić information content (AvgIpc) is 3.13. The molecule has 0 radical (unpaired) electrons. The van der Waals surface area contributed by atoms with Crippen LogP contribution >= 0.6 is 0 Å². The number of nitrogens with zero attached hydrogens (tertiary/aromatic N) is 3. The number of nitro benzene ring substituents is 1. The number of hydrogen-bond donors (Lipinski definition) is 0. The van der Waals surface area contributed by atoms with Crippen molar-refractivity contribution in [3.05, 3.63) is 69.8 Å². The van der Waals surface area contributed by atoms with Crippen LogP contribution in [-0.4, -0.2) is 35.2 Å². The number of hydrogen-bond acceptors (Lipinski definition) is 4. The van der Waals surface area contributed by atoms with Crippen molar-refractivity contribution in [2.24, 2.45) is 5.92 Å². The molecule has 1 aliphatic rings. The Morgan fingerprint density at radius 2 is 1.97 bits per heavy atom. The molecule has 0 N–H and O–H groups in total. The van der Waals surface area contributed by atoms with Crippen molar-refractivity contribution in [1.29, 1.82) is 0 Å². The van der Waals surface area contributed by atoms with E-state index in [-0.39, 0.29) is 30.0 Å². The van der Waals surface area contributed by atoms with Crippen molar-refractivity contribution in [2.75, 3.05) is 18.5 Å². The quantitative estimate of drug-likeness (QED) is 0.551. The van der Waals surface area contributed by atoms with Gasteiger partial charge in [0, 0.05) is 37.8 Å². The molecule has 0 aromatic heterocycles. The van der Waals surface area contributed by atoms with Crippen LogP contribution in [0.1, 0.15) is 37.4 Å². The lowest BCUT2D eigenvalue weighted by Crippen LogP contribution is -2.36. The van der Waals surface area contributed by atoms with Gasteiger partial charge in [-0.25, -0.2) is 0 Å². The number of amides is 2. The van der Waals surface area contributed by atoms with E-state index in [0.29, 0.717) is 12.1 Å². The van der Waals surface area contributed by atoms with Gasteiger partial charge in [0.1, 0.15) is 0 Å². The minimum Gasteiger partial charge on any atom is -0.339 e. The largest absolute Gasteiger partial charge is 0.339 e. The van der Waals surface area contributed by atoms with Gasteiger partial charge in [-0.15, -0.1) is 0 Å². The Kier molecular flexibility index (Phi) is 5.96. The predicted molar refractivity (Wildman–Crippen MR) is 111 cm³/mol. The molecule has 0 unspecified atom stereocenters. The summed E-state index contributed by atoms with van der Waals surface area (Å²) >= 11 is 0. The lowest BCUT2D eigenvalue weighted by atomic mass is 10.0. The minimum atomic E-state index is -0.449. The Hall–Kier alpha value is -3.22. The lowest BCUT2D eigenvalue weighted by molar-refractivity contribution is -0.384. The molecule has 29 heavy (non-hydrogen) atoms. The molecule has 1 saturated heterocycles. The van der Waals surface area contributed by atoms with Gasteiger partial charge in [0.05, 0.1) is 16.9 Å². The molecule has 0 aliphatic carbocycles. The number of carbonyl (C=O) groups excluding carboxylic acids is 2. The van der Waals surface area contributed by atoms with Crippen molar-refractivity contribution in [3.63, 3.8) is 0 Å². The third kappa shape index (κ3) is 4.29. The molecule has 7 nitrogen and oxygen atoms in total. The molecule has 2 aromatic rings. The standard InChI is InChI=1S/C22H25N3O4/c1-4-16-8-10-19(11-9-16)24-14-18(13-21(24)26)22(27)23(3)15(2)17-6-5-7-20(12-17)25(28)29/h5-12,15,18H,4,13-14H2,1-3H3/t15-,18-/m1/s1. The Morgan fingerprint density at radius 1 is 1.28 bits per heavy atom. The fraction of sp³-hybridized carbons (Fsp3) is 0.364. The van der Waals surface area contributed by atoms with Gasteiger partial charge >= 0.3 is 0 Å². The van der Waals surface area contributed by atoms with Gasteiger partial charge in [-0.05, 0) is 36.6 Å². The monoisotopic (exact) mass is 395 g/mol. The van der Waals surface area contributed by atoms with Crippen LogP contribution in [0.5, 0.6) is 0 Å². The molecule has 3 rings (SSSR count). The second-order valence-electron chi connectivity index (χ2n) is 7.40. The van der Waals surface area contributed by atoms with Crippen LogP contribution in [0.2, 0.25) is 0 Å².